The van der Waals surface area contributed by atoms with Gasteiger partial charge < -0.3 is 14.2 Å². The van der Waals surface area contributed by atoms with Gasteiger partial charge in [0, 0.05) is 42.2 Å². The zero-order valence-corrected chi connectivity index (χ0v) is 24.8. The second-order valence-electron chi connectivity index (χ2n) is 10.2. The number of rotatable bonds is 6. The van der Waals surface area contributed by atoms with E-state index in [-0.39, 0.29) is 61.8 Å². The van der Waals surface area contributed by atoms with Crippen LogP contribution in [0.15, 0.2) is 75.6 Å². The molecule has 0 atom stereocenters. The Morgan fingerprint density at radius 3 is 2.26 bits per heavy atom. The van der Waals surface area contributed by atoms with Gasteiger partial charge in [0.15, 0.2) is 11.4 Å². The molecule has 0 aliphatic rings. The molecule has 0 aliphatic carbocycles. The van der Waals surface area contributed by atoms with Crippen LogP contribution < -0.4 is 9.62 Å². The number of hydrogen-bond donors (Lipinski definition) is 1. The summed E-state index contributed by atoms with van der Waals surface area (Å²) in [6, 6.07) is 13.3. The monoisotopic (exact) mass is 656 g/mol. The fourth-order valence-electron chi connectivity index (χ4n) is 4.91. The van der Waals surface area contributed by atoms with Crippen LogP contribution in [0.25, 0.3) is 56.1 Å². The lowest BCUT2D eigenvalue weighted by Gasteiger charge is -2.21. The minimum atomic E-state index is -4.98. The predicted molar refractivity (Wildman–Crippen MR) is 159 cm³/mol. The van der Waals surface area contributed by atoms with E-state index in [0.29, 0.717) is 11.6 Å². The Balaban J connectivity index is 1.68. The van der Waals surface area contributed by atoms with Crippen molar-refractivity contribution in [3.63, 3.8) is 0 Å². The minimum Gasteiger partial charge on any atom is -0.455 e. The number of hydrogen-bond acceptors (Lipinski definition) is 7. The summed E-state index contributed by atoms with van der Waals surface area (Å²) in [4.78, 5) is 21.0. The van der Waals surface area contributed by atoms with Gasteiger partial charge in [-0.05, 0) is 54.6 Å². The van der Waals surface area contributed by atoms with E-state index in [1.807, 2.05) is 0 Å². The number of carbonyl (C=O) groups excluding carboxylic acids is 1. The average Bonchev–Trinajstić information content (AvgIpc) is 3.61. The number of oxazole rings is 1. The second kappa shape index (κ2) is 10.9. The van der Waals surface area contributed by atoms with Gasteiger partial charge in [-0.15, -0.1) is 0 Å². The number of furan rings is 1. The molecule has 1 amide bonds. The molecule has 3 aromatic carbocycles. The fourth-order valence-corrected chi connectivity index (χ4v) is 5.42. The lowest BCUT2D eigenvalue weighted by molar-refractivity contribution is -0.141. The number of sulfonamides is 1. The van der Waals surface area contributed by atoms with Crippen LogP contribution in [0.4, 0.5) is 27.6 Å². The van der Waals surface area contributed by atoms with Crippen LogP contribution in [-0.2, 0) is 16.2 Å². The lowest BCUT2D eigenvalue weighted by Crippen LogP contribution is -2.25. The van der Waals surface area contributed by atoms with Crippen molar-refractivity contribution < 1.29 is 44.0 Å². The van der Waals surface area contributed by atoms with Crippen LogP contribution in [0.5, 0.6) is 0 Å². The fraction of sp³-hybridized carbons (Fsp3) is 0.129. The molecule has 3 aromatic heterocycles. The van der Waals surface area contributed by atoms with Gasteiger partial charge in [-0.2, -0.15) is 13.2 Å². The molecule has 6 aromatic rings. The molecule has 0 radical (unpaired) electrons. The van der Waals surface area contributed by atoms with E-state index < -0.39 is 39.4 Å². The van der Waals surface area contributed by atoms with Crippen LogP contribution in [0.1, 0.15) is 16.1 Å². The van der Waals surface area contributed by atoms with E-state index in [1.165, 1.54) is 56.6 Å². The van der Waals surface area contributed by atoms with Gasteiger partial charge in [0.25, 0.3) is 5.91 Å². The van der Waals surface area contributed by atoms with Crippen molar-refractivity contribution in [2.75, 3.05) is 24.7 Å². The Labute approximate surface area is 257 Å². The van der Waals surface area contributed by atoms with Crippen molar-refractivity contribution in [3.8, 4) is 34.0 Å². The summed E-state index contributed by atoms with van der Waals surface area (Å²) in [5.74, 6) is -2.28. The first-order valence-corrected chi connectivity index (χ1v) is 15.2. The van der Waals surface area contributed by atoms with Gasteiger partial charge in [-0.25, -0.2) is 27.2 Å². The van der Waals surface area contributed by atoms with Gasteiger partial charge in [0.1, 0.15) is 28.4 Å². The summed E-state index contributed by atoms with van der Waals surface area (Å²) in [5.41, 5.74) is -2.19. The first-order valence-electron chi connectivity index (χ1n) is 13.3. The van der Waals surface area contributed by atoms with Gasteiger partial charge in [-0.1, -0.05) is 6.07 Å². The van der Waals surface area contributed by atoms with Crippen LogP contribution >= 0.6 is 0 Å². The van der Waals surface area contributed by atoms with Crippen molar-refractivity contribution in [2.24, 2.45) is 0 Å². The van der Waals surface area contributed by atoms with E-state index in [9.17, 15) is 35.2 Å². The molecule has 0 fully saturated rings. The van der Waals surface area contributed by atoms with Crippen molar-refractivity contribution in [3.05, 3.63) is 89.6 Å². The molecule has 0 bridgehead atoms. The first-order chi connectivity index (χ1) is 21.7. The molecule has 6 rings (SSSR count). The number of nitrogens with one attached hydrogen (secondary N) is 1. The second-order valence-corrected chi connectivity index (χ2v) is 12.2. The maximum Gasteiger partial charge on any atom is 0.433 e. The number of nitrogens with zero attached hydrogens (tertiary/aromatic N) is 3. The number of pyridine rings is 1. The number of para-hydroxylation sites is 1. The molecular formula is C31H21F5N4O5S. The number of halogens is 5. The number of aromatic nitrogens is 2. The molecule has 15 heteroatoms. The molecule has 0 saturated heterocycles. The normalized spacial score (nSPS) is 12.2. The summed E-state index contributed by atoms with van der Waals surface area (Å²) in [6.07, 6.45) is -4.09. The van der Waals surface area contributed by atoms with Crippen LogP contribution in [0, 0.1) is 11.6 Å². The van der Waals surface area contributed by atoms with Gasteiger partial charge in [0.2, 0.25) is 15.9 Å². The number of alkyl halides is 3. The Bertz CT molecular complexity index is 2280. The molecule has 0 unspecified atom stereocenters. The number of benzene rings is 3. The Morgan fingerprint density at radius 1 is 0.913 bits per heavy atom. The molecular weight excluding hydrogens is 635 g/mol. The molecule has 9 nitrogen and oxygen atoms in total. The highest BCUT2D eigenvalue weighted by molar-refractivity contribution is 7.92. The molecule has 0 spiro atoms. The summed E-state index contributed by atoms with van der Waals surface area (Å²) in [7, 11) is -1.48. The van der Waals surface area contributed by atoms with E-state index in [0.717, 1.165) is 28.8 Å². The highest BCUT2D eigenvalue weighted by atomic mass is 32.2. The largest absolute Gasteiger partial charge is 0.455 e. The highest BCUT2D eigenvalue weighted by Gasteiger charge is 2.35. The van der Waals surface area contributed by atoms with E-state index in [4.69, 9.17) is 8.83 Å². The van der Waals surface area contributed by atoms with Crippen molar-refractivity contribution in [1.82, 2.24) is 15.3 Å². The third kappa shape index (κ3) is 5.42. The Hall–Kier alpha value is -5.31. The number of anilines is 1. The maximum absolute atomic E-state index is 14.4. The summed E-state index contributed by atoms with van der Waals surface area (Å²) < 4.78 is 108. The predicted octanol–water partition coefficient (Wildman–Crippen LogP) is 7.02. The minimum absolute atomic E-state index is 0.00523. The Morgan fingerprint density at radius 2 is 1.63 bits per heavy atom. The third-order valence-electron chi connectivity index (χ3n) is 7.21. The van der Waals surface area contributed by atoms with Crippen molar-refractivity contribution in [1.29, 1.82) is 0 Å². The zero-order valence-electron chi connectivity index (χ0n) is 24.0. The lowest BCUT2D eigenvalue weighted by atomic mass is 9.99. The van der Waals surface area contributed by atoms with E-state index in [2.05, 4.69) is 15.3 Å². The molecule has 0 saturated carbocycles. The number of fused-ring (bicyclic) bond motifs is 2. The topological polar surface area (TPSA) is 119 Å². The van der Waals surface area contributed by atoms with Gasteiger partial charge in [0.05, 0.1) is 23.2 Å². The SMILES string of the molecule is CNC(=O)c1c(-c2ccc(F)cc2)oc2cc(N(C)S(C)(=O)=O)c(-c3cc(-c4nc5c(F)cccc5o4)cc(C(F)(F)F)n3)cc12. The third-order valence-corrected chi connectivity index (χ3v) is 8.40. The van der Waals surface area contributed by atoms with Crippen molar-refractivity contribution in [2.45, 2.75) is 6.18 Å². The Kier molecular flexibility index (Phi) is 7.30. The standard InChI is InChI=1S/C31H21F5N4O5S/c1-37-29(41)26-19-13-18(22(40(2)46(3,42)43)14-24(19)44-28(26)15-7-9-17(32)10-8-15)21-11-16(12-25(38-21)31(34,35)36)30-39-27-20(33)5-4-6-23(27)45-30/h4-14H,1-3H3,(H,37,41). The maximum atomic E-state index is 14.4. The quantitative estimate of drug-likeness (QED) is 0.191. The van der Waals surface area contributed by atoms with Crippen LogP contribution in [0.2, 0.25) is 0 Å². The van der Waals surface area contributed by atoms with Crippen LogP contribution in [0.3, 0.4) is 0 Å². The number of carbonyl (C=O) groups is 1. The summed E-state index contributed by atoms with van der Waals surface area (Å²) >= 11 is 0. The van der Waals surface area contributed by atoms with Crippen molar-refractivity contribution >= 4 is 43.7 Å². The number of amides is 1. The van der Waals surface area contributed by atoms with Gasteiger partial charge >= 0.3 is 6.18 Å². The zero-order chi connectivity index (χ0) is 33.1. The smallest absolute Gasteiger partial charge is 0.433 e. The summed E-state index contributed by atoms with van der Waals surface area (Å²) in [6.45, 7) is 0. The first kappa shape index (κ1) is 30.7. The molecule has 1 N–H and O–H groups in total. The molecule has 0 aliphatic heterocycles. The molecule has 46 heavy (non-hydrogen) atoms. The van der Waals surface area contributed by atoms with Crippen LogP contribution in [-0.4, -0.2) is 44.6 Å². The summed E-state index contributed by atoms with van der Waals surface area (Å²) in [5, 5.41) is 2.58. The van der Waals surface area contributed by atoms with E-state index >= 15 is 0 Å². The molecule has 236 valence electrons. The van der Waals surface area contributed by atoms with E-state index in [1.54, 1.807) is 0 Å². The average molecular weight is 657 g/mol. The highest BCUT2D eigenvalue weighted by Crippen LogP contribution is 2.43. The van der Waals surface area contributed by atoms with Gasteiger partial charge in [-0.3, -0.25) is 9.10 Å². The molecule has 3 heterocycles.